The van der Waals surface area contributed by atoms with E-state index >= 15 is 0 Å². The summed E-state index contributed by atoms with van der Waals surface area (Å²) in [6.45, 7) is 4.15. The molecule has 114 valence electrons. The fourth-order valence-corrected chi connectivity index (χ4v) is 3.50. The largest absolute Gasteiger partial charge is 0.256 e. The molecule has 2 nitrogen and oxygen atoms in total. The van der Waals surface area contributed by atoms with Gasteiger partial charge in [-0.05, 0) is 17.5 Å². The van der Waals surface area contributed by atoms with Gasteiger partial charge in [-0.3, -0.25) is 4.98 Å². The number of halogens is 2. The highest BCUT2D eigenvalue weighted by Crippen LogP contribution is 2.35. The SMILES string of the molecule is CC(C)c1csc(-c2c(CC(F)F)cnc3ccccc23)n1. The predicted octanol–water partition coefficient (Wildman–Crippen LogP) is 5.29. The van der Waals surface area contributed by atoms with Crippen LogP contribution in [0.2, 0.25) is 0 Å². The van der Waals surface area contributed by atoms with E-state index < -0.39 is 6.43 Å². The summed E-state index contributed by atoms with van der Waals surface area (Å²) in [4.78, 5) is 8.95. The summed E-state index contributed by atoms with van der Waals surface area (Å²) in [6, 6.07) is 7.61. The van der Waals surface area contributed by atoms with Gasteiger partial charge in [0.25, 0.3) is 0 Å². The van der Waals surface area contributed by atoms with E-state index in [1.807, 2.05) is 29.6 Å². The van der Waals surface area contributed by atoms with Crippen molar-refractivity contribution in [2.45, 2.75) is 32.6 Å². The highest BCUT2D eigenvalue weighted by atomic mass is 32.1. The maximum atomic E-state index is 12.9. The van der Waals surface area contributed by atoms with Crippen LogP contribution >= 0.6 is 11.3 Å². The normalized spacial score (nSPS) is 11.7. The third kappa shape index (κ3) is 2.86. The van der Waals surface area contributed by atoms with Gasteiger partial charge >= 0.3 is 0 Å². The number of aromatic nitrogens is 2. The summed E-state index contributed by atoms with van der Waals surface area (Å²) < 4.78 is 25.8. The van der Waals surface area contributed by atoms with E-state index in [1.165, 1.54) is 11.3 Å². The molecule has 2 heterocycles. The van der Waals surface area contributed by atoms with Crippen LogP contribution in [0.25, 0.3) is 21.5 Å². The van der Waals surface area contributed by atoms with Gasteiger partial charge in [-0.15, -0.1) is 11.3 Å². The van der Waals surface area contributed by atoms with E-state index in [4.69, 9.17) is 0 Å². The Balaban J connectivity index is 2.22. The van der Waals surface area contributed by atoms with Gasteiger partial charge in [0.05, 0.1) is 11.2 Å². The zero-order valence-electron chi connectivity index (χ0n) is 12.4. The predicted molar refractivity (Wildman–Crippen MR) is 86.6 cm³/mol. The van der Waals surface area contributed by atoms with Crippen LogP contribution < -0.4 is 0 Å². The second-order valence-corrected chi connectivity index (χ2v) is 6.36. The first kappa shape index (κ1) is 15.0. The van der Waals surface area contributed by atoms with E-state index in [2.05, 4.69) is 23.8 Å². The lowest BCUT2D eigenvalue weighted by Crippen LogP contribution is -2.01. The van der Waals surface area contributed by atoms with E-state index in [-0.39, 0.29) is 6.42 Å². The fraction of sp³-hybridized carbons (Fsp3) is 0.294. The minimum absolute atomic E-state index is 0.302. The Labute approximate surface area is 131 Å². The first-order valence-electron chi connectivity index (χ1n) is 7.17. The Bertz CT molecular complexity index is 796. The Morgan fingerprint density at radius 2 is 1.95 bits per heavy atom. The molecule has 0 radical (unpaired) electrons. The molecular formula is C17H16F2N2S. The molecule has 0 amide bonds. The molecule has 0 aliphatic rings. The van der Waals surface area contributed by atoms with Crippen molar-refractivity contribution in [3.05, 3.63) is 47.1 Å². The van der Waals surface area contributed by atoms with Crippen LogP contribution in [0.4, 0.5) is 8.78 Å². The quantitative estimate of drug-likeness (QED) is 0.653. The Hall–Kier alpha value is -1.88. The number of pyridine rings is 1. The second-order valence-electron chi connectivity index (χ2n) is 5.50. The van der Waals surface area contributed by atoms with Crippen LogP contribution in [0.1, 0.15) is 31.0 Å². The molecule has 2 aromatic heterocycles. The van der Waals surface area contributed by atoms with Crippen molar-refractivity contribution in [1.82, 2.24) is 9.97 Å². The zero-order valence-corrected chi connectivity index (χ0v) is 13.2. The first-order chi connectivity index (χ1) is 10.6. The van der Waals surface area contributed by atoms with Crippen molar-refractivity contribution in [1.29, 1.82) is 0 Å². The summed E-state index contributed by atoms with van der Waals surface area (Å²) in [7, 11) is 0. The number of benzene rings is 1. The van der Waals surface area contributed by atoms with Crippen LogP contribution in [-0.2, 0) is 6.42 Å². The number of nitrogens with zero attached hydrogens (tertiary/aromatic N) is 2. The standard InChI is InChI=1S/C17H16F2N2S/c1-10(2)14-9-22-17(21-14)16-11(7-15(18)19)8-20-13-6-4-3-5-12(13)16/h3-6,8-10,15H,7H2,1-2H3. The number of hydrogen-bond acceptors (Lipinski definition) is 3. The number of alkyl halides is 2. The van der Waals surface area contributed by atoms with Crippen molar-refractivity contribution in [2.75, 3.05) is 0 Å². The third-order valence-corrected chi connectivity index (χ3v) is 4.43. The lowest BCUT2D eigenvalue weighted by atomic mass is 10.0. The summed E-state index contributed by atoms with van der Waals surface area (Å²) in [6.07, 6.45) is -1.14. The van der Waals surface area contributed by atoms with Gasteiger partial charge in [-0.1, -0.05) is 32.0 Å². The number of thiazole rings is 1. The molecule has 0 saturated heterocycles. The van der Waals surface area contributed by atoms with E-state index in [1.54, 1.807) is 6.20 Å². The molecule has 0 N–H and O–H groups in total. The maximum absolute atomic E-state index is 12.9. The van der Waals surface area contributed by atoms with E-state index in [9.17, 15) is 8.78 Å². The minimum atomic E-state index is -2.40. The Kier molecular flexibility index (Phi) is 4.16. The molecule has 0 unspecified atom stereocenters. The third-order valence-electron chi connectivity index (χ3n) is 3.56. The lowest BCUT2D eigenvalue weighted by molar-refractivity contribution is 0.149. The molecule has 0 saturated carbocycles. The zero-order chi connectivity index (χ0) is 15.7. The summed E-state index contributed by atoms with van der Waals surface area (Å²) in [5.41, 5.74) is 3.14. The van der Waals surface area contributed by atoms with Gasteiger partial charge in [0, 0.05) is 28.9 Å². The van der Waals surface area contributed by atoms with E-state index in [0.717, 1.165) is 27.2 Å². The molecule has 0 spiro atoms. The fourth-order valence-electron chi connectivity index (χ4n) is 2.42. The summed E-state index contributed by atoms with van der Waals surface area (Å²) in [5, 5.41) is 3.67. The molecule has 5 heteroatoms. The Morgan fingerprint density at radius 1 is 1.18 bits per heavy atom. The monoisotopic (exact) mass is 318 g/mol. The molecule has 3 aromatic rings. The van der Waals surface area contributed by atoms with Gasteiger partial charge < -0.3 is 0 Å². The minimum Gasteiger partial charge on any atom is -0.256 e. The molecule has 22 heavy (non-hydrogen) atoms. The second kappa shape index (κ2) is 6.08. The van der Waals surface area contributed by atoms with Crippen molar-refractivity contribution in [2.24, 2.45) is 0 Å². The number of para-hydroxylation sites is 1. The summed E-state index contributed by atoms with van der Waals surface area (Å²) >= 11 is 1.50. The maximum Gasteiger partial charge on any atom is 0.242 e. The summed E-state index contributed by atoms with van der Waals surface area (Å²) in [5.74, 6) is 0.316. The van der Waals surface area contributed by atoms with Crippen LogP contribution in [0.3, 0.4) is 0 Å². The van der Waals surface area contributed by atoms with Gasteiger partial charge in [-0.2, -0.15) is 0 Å². The highest BCUT2D eigenvalue weighted by Gasteiger charge is 2.18. The molecule has 0 fully saturated rings. The van der Waals surface area contributed by atoms with Crippen LogP contribution in [-0.4, -0.2) is 16.4 Å². The smallest absolute Gasteiger partial charge is 0.242 e. The lowest BCUT2D eigenvalue weighted by Gasteiger charge is -2.10. The first-order valence-corrected chi connectivity index (χ1v) is 8.04. The van der Waals surface area contributed by atoms with Crippen molar-refractivity contribution >= 4 is 22.2 Å². The van der Waals surface area contributed by atoms with Gasteiger partial charge in [0.2, 0.25) is 6.43 Å². The molecule has 0 aliphatic carbocycles. The van der Waals surface area contributed by atoms with Crippen molar-refractivity contribution < 1.29 is 8.78 Å². The van der Waals surface area contributed by atoms with Crippen molar-refractivity contribution in [3.63, 3.8) is 0 Å². The van der Waals surface area contributed by atoms with Crippen LogP contribution in [0.15, 0.2) is 35.8 Å². The van der Waals surface area contributed by atoms with Crippen molar-refractivity contribution in [3.8, 4) is 10.6 Å². The van der Waals surface area contributed by atoms with Gasteiger partial charge in [0.1, 0.15) is 5.01 Å². The molecule has 0 bridgehead atoms. The topological polar surface area (TPSA) is 25.8 Å². The molecule has 3 rings (SSSR count). The molecule has 0 atom stereocenters. The molecular weight excluding hydrogens is 302 g/mol. The molecule has 1 aromatic carbocycles. The molecule has 0 aliphatic heterocycles. The van der Waals surface area contributed by atoms with Gasteiger partial charge in [0.15, 0.2) is 0 Å². The average Bonchev–Trinajstić information content (AvgIpc) is 2.96. The van der Waals surface area contributed by atoms with Gasteiger partial charge in [-0.25, -0.2) is 13.8 Å². The number of fused-ring (bicyclic) bond motifs is 1. The van der Waals surface area contributed by atoms with Crippen LogP contribution in [0, 0.1) is 0 Å². The Morgan fingerprint density at radius 3 is 2.64 bits per heavy atom. The average molecular weight is 318 g/mol. The number of rotatable bonds is 4. The van der Waals surface area contributed by atoms with E-state index in [0.29, 0.717) is 11.5 Å². The van der Waals surface area contributed by atoms with Crippen LogP contribution in [0.5, 0.6) is 0 Å². The number of hydrogen-bond donors (Lipinski definition) is 0. The highest BCUT2D eigenvalue weighted by molar-refractivity contribution is 7.13.